The Labute approximate surface area is 181 Å². The van der Waals surface area contributed by atoms with Crippen LogP contribution in [0.4, 0.5) is 0 Å². The number of carbonyl (C=O) groups is 2. The van der Waals surface area contributed by atoms with Gasteiger partial charge in [-0.1, -0.05) is 12.1 Å². The van der Waals surface area contributed by atoms with Gasteiger partial charge < -0.3 is 19.7 Å². The fourth-order valence-electron chi connectivity index (χ4n) is 4.02. The van der Waals surface area contributed by atoms with Gasteiger partial charge in [0.25, 0.3) is 5.91 Å². The van der Waals surface area contributed by atoms with Gasteiger partial charge in [-0.25, -0.2) is 0 Å². The third-order valence-corrected chi connectivity index (χ3v) is 6.86. The topological polar surface area (TPSA) is 67.9 Å². The van der Waals surface area contributed by atoms with Crippen LogP contribution in [0.5, 0.6) is 5.75 Å². The summed E-state index contributed by atoms with van der Waals surface area (Å²) in [4.78, 5) is 29.4. The quantitative estimate of drug-likeness (QED) is 0.768. The van der Waals surface area contributed by atoms with Gasteiger partial charge in [-0.3, -0.25) is 9.59 Å². The van der Waals surface area contributed by atoms with Gasteiger partial charge in [0.1, 0.15) is 5.75 Å². The lowest BCUT2D eigenvalue weighted by Crippen LogP contribution is -2.40. The minimum absolute atomic E-state index is 0.0477. The van der Waals surface area contributed by atoms with Gasteiger partial charge in [0.2, 0.25) is 5.91 Å². The number of nitrogens with one attached hydrogen (secondary N) is 1. The maximum atomic E-state index is 12.8. The Kier molecular flexibility index (Phi) is 6.69. The van der Waals surface area contributed by atoms with E-state index >= 15 is 0 Å². The van der Waals surface area contributed by atoms with Crippen LogP contribution in [-0.2, 0) is 28.9 Å². The van der Waals surface area contributed by atoms with Crippen LogP contribution in [0.3, 0.4) is 0 Å². The molecule has 1 aromatic heterocycles. The summed E-state index contributed by atoms with van der Waals surface area (Å²) < 4.78 is 10.9. The minimum Gasteiger partial charge on any atom is -0.494 e. The molecule has 1 atom stereocenters. The molecule has 1 aromatic carbocycles. The Morgan fingerprint density at radius 1 is 1.27 bits per heavy atom. The fourth-order valence-corrected chi connectivity index (χ4v) is 5.20. The lowest BCUT2D eigenvalue weighted by Gasteiger charge is -2.26. The summed E-state index contributed by atoms with van der Waals surface area (Å²) in [6.07, 6.45) is 2.38. The highest BCUT2D eigenvalue weighted by Gasteiger charge is 2.28. The molecule has 2 aromatic rings. The number of carbonyl (C=O) groups excluding carboxylic acids is 2. The first-order chi connectivity index (χ1) is 14.6. The van der Waals surface area contributed by atoms with Crippen molar-refractivity contribution in [3.63, 3.8) is 0 Å². The Morgan fingerprint density at radius 2 is 2.10 bits per heavy atom. The van der Waals surface area contributed by atoms with Crippen LogP contribution in [0.25, 0.3) is 0 Å². The van der Waals surface area contributed by atoms with E-state index in [2.05, 4.69) is 5.32 Å². The average Bonchev–Trinajstić information content (AvgIpc) is 3.21. The lowest BCUT2D eigenvalue weighted by atomic mass is 9.87. The summed E-state index contributed by atoms with van der Waals surface area (Å²) in [7, 11) is 0. The van der Waals surface area contributed by atoms with E-state index in [4.69, 9.17) is 9.47 Å². The van der Waals surface area contributed by atoms with Crippen LogP contribution in [0.15, 0.2) is 30.3 Å². The second kappa shape index (κ2) is 9.62. The van der Waals surface area contributed by atoms with E-state index in [-0.39, 0.29) is 17.7 Å². The summed E-state index contributed by atoms with van der Waals surface area (Å²) in [6, 6.07) is 9.82. The van der Waals surface area contributed by atoms with Crippen molar-refractivity contribution < 1.29 is 19.1 Å². The second-order valence-corrected chi connectivity index (χ2v) is 8.84. The molecule has 1 N–H and O–H groups in total. The monoisotopic (exact) mass is 428 g/mol. The maximum absolute atomic E-state index is 12.8. The highest BCUT2D eigenvalue weighted by atomic mass is 32.1. The number of ether oxygens (including phenoxy) is 2. The molecule has 1 unspecified atom stereocenters. The molecule has 2 heterocycles. The van der Waals surface area contributed by atoms with E-state index in [1.165, 1.54) is 4.88 Å². The van der Waals surface area contributed by atoms with Gasteiger partial charge in [-0.15, -0.1) is 11.3 Å². The third-order valence-electron chi connectivity index (χ3n) is 5.64. The SMILES string of the molecule is CCOc1cccc(CNC(=O)C2CCc3sc(C(=O)N4CCOCC4)cc3C2)c1. The lowest BCUT2D eigenvalue weighted by molar-refractivity contribution is -0.125. The molecule has 2 aliphatic rings. The van der Waals surface area contributed by atoms with Gasteiger partial charge in [-0.2, -0.15) is 0 Å². The van der Waals surface area contributed by atoms with Crippen molar-refractivity contribution >= 4 is 23.2 Å². The molecule has 7 heteroatoms. The van der Waals surface area contributed by atoms with Crippen molar-refractivity contribution in [1.82, 2.24) is 10.2 Å². The highest BCUT2D eigenvalue weighted by Crippen LogP contribution is 2.33. The minimum atomic E-state index is -0.0477. The molecule has 6 nitrogen and oxygen atoms in total. The largest absolute Gasteiger partial charge is 0.494 e. The number of thiophene rings is 1. The van der Waals surface area contributed by atoms with E-state index in [0.29, 0.717) is 45.9 Å². The van der Waals surface area contributed by atoms with Crippen molar-refractivity contribution in [2.75, 3.05) is 32.9 Å². The summed E-state index contributed by atoms with van der Waals surface area (Å²) in [5, 5.41) is 3.07. The Bertz CT molecular complexity index is 904. The number of fused-ring (bicyclic) bond motifs is 1. The molecule has 30 heavy (non-hydrogen) atoms. The number of hydrogen-bond acceptors (Lipinski definition) is 5. The predicted molar refractivity (Wildman–Crippen MR) is 116 cm³/mol. The van der Waals surface area contributed by atoms with Gasteiger partial charge in [0.15, 0.2) is 0 Å². The number of benzene rings is 1. The highest BCUT2D eigenvalue weighted by molar-refractivity contribution is 7.14. The van der Waals surface area contributed by atoms with E-state index in [1.54, 1.807) is 11.3 Å². The van der Waals surface area contributed by atoms with Gasteiger partial charge >= 0.3 is 0 Å². The molecular formula is C23H28N2O4S. The molecule has 0 saturated carbocycles. The van der Waals surface area contributed by atoms with Crippen LogP contribution in [0.1, 0.15) is 39.0 Å². The third kappa shape index (κ3) is 4.84. The zero-order chi connectivity index (χ0) is 20.9. The fraction of sp³-hybridized carbons (Fsp3) is 0.478. The first-order valence-electron chi connectivity index (χ1n) is 10.6. The van der Waals surface area contributed by atoms with Gasteiger partial charge in [0.05, 0.1) is 24.7 Å². The smallest absolute Gasteiger partial charge is 0.264 e. The number of rotatable bonds is 6. The average molecular weight is 429 g/mol. The van der Waals surface area contributed by atoms with E-state index < -0.39 is 0 Å². The van der Waals surface area contributed by atoms with Crippen molar-refractivity contribution in [3.8, 4) is 5.75 Å². The Morgan fingerprint density at radius 3 is 2.90 bits per heavy atom. The van der Waals surface area contributed by atoms with Crippen molar-refractivity contribution in [1.29, 1.82) is 0 Å². The number of morpholine rings is 1. The molecule has 1 saturated heterocycles. The number of amides is 2. The molecular weight excluding hydrogens is 400 g/mol. The van der Waals surface area contributed by atoms with Gasteiger partial charge in [0, 0.05) is 30.4 Å². The summed E-state index contributed by atoms with van der Waals surface area (Å²) >= 11 is 1.59. The summed E-state index contributed by atoms with van der Waals surface area (Å²) in [6.45, 7) is 5.58. The zero-order valence-corrected chi connectivity index (χ0v) is 18.1. The van der Waals surface area contributed by atoms with E-state index in [1.807, 2.05) is 42.2 Å². The molecule has 0 spiro atoms. The van der Waals surface area contributed by atoms with E-state index in [9.17, 15) is 9.59 Å². The molecule has 0 radical (unpaired) electrons. The molecule has 1 aliphatic heterocycles. The van der Waals surface area contributed by atoms with Crippen LogP contribution in [0.2, 0.25) is 0 Å². The molecule has 4 rings (SSSR count). The summed E-state index contributed by atoms with van der Waals surface area (Å²) in [5.41, 5.74) is 2.18. The number of aryl methyl sites for hydroxylation is 1. The van der Waals surface area contributed by atoms with Crippen LogP contribution in [0, 0.1) is 5.92 Å². The Balaban J connectivity index is 1.34. The van der Waals surface area contributed by atoms with Gasteiger partial charge in [-0.05, 0) is 55.5 Å². The van der Waals surface area contributed by atoms with E-state index in [0.717, 1.165) is 34.6 Å². The molecule has 1 aliphatic carbocycles. The van der Waals surface area contributed by atoms with Crippen molar-refractivity contribution in [3.05, 3.63) is 51.2 Å². The van der Waals surface area contributed by atoms with Crippen molar-refractivity contribution in [2.45, 2.75) is 32.7 Å². The molecule has 2 amide bonds. The normalized spacial score (nSPS) is 18.6. The van der Waals surface area contributed by atoms with Crippen LogP contribution >= 0.6 is 11.3 Å². The molecule has 0 bridgehead atoms. The first-order valence-corrected chi connectivity index (χ1v) is 11.4. The standard InChI is InChI=1S/C23H28N2O4S/c1-2-29-19-5-3-4-16(12-19)15-24-22(26)17-6-7-20-18(13-17)14-21(30-20)23(27)25-8-10-28-11-9-25/h3-5,12,14,17H,2,6-11,13,15H2,1H3,(H,24,26). The predicted octanol–water partition coefficient (Wildman–Crippen LogP) is 3.04. The van der Waals surface area contributed by atoms with Crippen LogP contribution < -0.4 is 10.1 Å². The molecule has 160 valence electrons. The zero-order valence-electron chi connectivity index (χ0n) is 17.3. The number of hydrogen-bond donors (Lipinski definition) is 1. The second-order valence-electron chi connectivity index (χ2n) is 7.70. The Hall–Kier alpha value is -2.38. The first kappa shape index (κ1) is 20.9. The van der Waals surface area contributed by atoms with Crippen LogP contribution in [-0.4, -0.2) is 49.6 Å². The maximum Gasteiger partial charge on any atom is 0.264 e. The summed E-state index contributed by atoms with van der Waals surface area (Å²) in [5.74, 6) is 0.943. The number of nitrogens with zero attached hydrogens (tertiary/aromatic N) is 1. The molecule has 1 fully saturated rings. The van der Waals surface area contributed by atoms with Crippen molar-refractivity contribution in [2.24, 2.45) is 5.92 Å².